The molecule has 0 unspecified atom stereocenters. The standard InChI is InChI=1S/C16H19N5O/c1-12-10-15(18-8-5-9-22-2)21-16(19-12)20-14-7-4-3-6-13(14)11-17/h3-4,6-7,10H,5,8-9H2,1-2H3,(H2,18,19,20,21). The van der Waals surface area contributed by atoms with Crippen molar-refractivity contribution in [1.29, 1.82) is 5.26 Å². The monoisotopic (exact) mass is 297 g/mol. The molecule has 2 rings (SSSR count). The first-order chi connectivity index (χ1) is 10.7. The molecule has 0 aliphatic carbocycles. The highest BCUT2D eigenvalue weighted by Gasteiger charge is 2.05. The Morgan fingerprint density at radius 1 is 1.27 bits per heavy atom. The van der Waals surface area contributed by atoms with Gasteiger partial charge in [-0.25, -0.2) is 4.98 Å². The zero-order valence-corrected chi connectivity index (χ0v) is 12.8. The Bertz CT molecular complexity index is 666. The van der Waals surface area contributed by atoms with Crippen LogP contribution in [0, 0.1) is 18.3 Å². The molecule has 0 radical (unpaired) electrons. The van der Waals surface area contributed by atoms with Gasteiger partial charge < -0.3 is 15.4 Å². The van der Waals surface area contributed by atoms with Gasteiger partial charge in [0, 0.05) is 32.0 Å². The summed E-state index contributed by atoms with van der Waals surface area (Å²) in [5.74, 6) is 1.22. The maximum absolute atomic E-state index is 9.12. The third-order valence-corrected chi connectivity index (χ3v) is 2.98. The number of methoxy groups -OCH3 is 1. The maximum Gasteiger partial charge on any atom is 0.229 e. The molecule has 0 aliphatic rings. The molecular weight excluding hydrogens is 278 g/mol. The molecule has 1 aromatic carbocycles. The van der Waals surface area contributed by atoms with E-state index >= 15 is 0 Å². The number of ether oxygens (including phenoxy) is 1. The number of hydrogen-bond acceptors (Lipinski definition) is 6. The van der Waals surface area contributed by atoms with E-state index in [0.717, 1.165) is 24.5 Å². The Hall–Kier alpha value is -2.65. The summed E-state index contributed by atoms with van der Waals surface area (Å²) in [6.07, 6.45) is 0.902. The SMILES string of the molecule is COCCCNc1cc(C)nc(Nc2ccccc2C#N)n1. The summed E-state index contributed by atoms with van der Waals surface area (Å²) in [4.78, 5) is 8.77. The topological polar surface area (TPSA) is 82.9 Å². The van der Waals surface area contributed by atoms with Crippen molar-refractivity contribution in [2.75, 3.05) is 30.9 Å². The number of aryl methyl sites for hydroxylation is 1. The molecule has 114 valence electrons. The Morgan fingerprint density at radius 2 is 2.09 bits per heavy atom. The number of aromatic nitrogens is 2. The van der Waals surface area contributed by atoms with E-state index in [2.05, 4.69) is 26.7 Å². The average Bonchev–Trinajstić information content (AvgIpc) is 2.52. The number of rotatable bonds is 7. The number of nitrogens with zero attached hydrogens (tertiary/aromatic N) is 3. The van der Waals surface area contributed by atoms with Crippen molar-refractivity contribution in [2.24, 2.45) is 0 Å². The molecule has 0 spiro atoms. The lowest BCUT2D eigenvalue weighted by molar-refractivity contribution is 0.198. The van der Waals surface area contributed by atoms with Gasteiger partial charge in [-0.05, 0) is 25.5 Å². The number of nitriles is 1. The Labute approximate surface area is 130 Å². The molecule has 6 nitrogen and oxygen atoms in total. The van der Waals surface area contributed by atoms with E-state index in [1.165, 1.54) is 0 Å². The van der Waals surface area contributed by atoms with Crippen LogP contribution in [-0.4, -0.2) is 30.2 Å². The molecule has 0 fully saturated rings. The van der Waals surface area contributed by atoms with Crippen molar-refractivity contribution in [2.45, 2.75) is 13.3 Å². The minimum absolute atomic E-state index is 0.469. The number of anilines is 3. The van der Waals surface area contributed by atoms with E-state index in [4.69, 9.17) is 10.00 Å². The smallest absolute Gasteiger partial charge is 0.229 e. The molecule has 0 bridgehead atoms. The maximum atomic E-state index is 9.12. The van der Waals surface area contributed by atoms with Gasteiger partial charge in [-0.15, -0.1) is 0 Å². The number of para-hydroxylation sites is 1. The van der Waals surface area contributed by atoms with E-state index in [9.17, 15) is 0 Å². The van der Waals surface area contributed by atoms with Gasteiger partial charge >= 0.3 is 0 Å². The molecule has 0 saturated carbocycles. The van der Waals surface area contributed by atoms with Crippen molar-refractivity contribution in [3.05, 3.63) is 41.6 Å². The lowest BCUT2D eigenvalue weighted by atomic mass is 10.2. The molecule has 0 atom stereocenters. The largest absolute Gasteiger partial charge is 0.385 e. The number of benzene rings is 1. The van der Waals surface area contributed by atoms with Crippen molar-refractivity contribution in [3.8, 4) is 6.07 Å². The molecule has 2 N–H and O–H groups in total. The van der Waals surface area contributed by atoms with Crippen LogP contribution in [0.3, 0.4) is 0 Å². The predicted octanol–water partition coefficient (Wildman–Crippen LogP) is 2.85. The van der Waals surface area contributed by atoms with Crippen LogP contribution in [-0.2, 0) is 4.74 Å². The number of hydrogen-bond donors (Lipinski definition) is 2. The van der Waals surface area contributed by atoms with Gasteiger partial charge in [0.25, 0.3) is 0 Å². The first kappa shape index (κ1) is 15.7. The van der Waals surface area contributed by atoms with E-state index < -0.39 is 0 Å². The summed E-state index contributed by atoms with van der Waals surface area (Å²) in [5, 5.41) is 15.5. The lowest BCUT2D eigenvalue weighted by Crippen LogP contribution is -2.08. The molecule has 1 aromatic heterocycles. The fourth-order valence-corrected chi connectivity index (χ4v) is 1.96. The number of nitrogens with one attached hydrogen (secondary N) is 2. The summed E-state index contributed by atoms with van der Waals surface area (Å²) in [6, 6.07) is 11.3. The summed E-state index contributed by atoms with van der Waals surface area (Å²) in [7, 11) is 1.68. The predicted molar refractivity (Wildman–Crippen MR) is 86.2 cm³/mol. The van der Waals surface area contributed by atoms with E-state index in [1.54, 1.807) is 13.2 Å². The third-order valence-electron chi connectivity index (χ3n) is 2.98. The fraction of sp³-hybridized carbons (Fsp3) is 0.312. The molecule has 0 saturated heterocycles. The zero-order valence-electron chi connectivity index (χ0n) is 12.8. The Balaban J connectivity index is 2.11. The third kappa shape index (κ3) is 4.43. The van der Waals surface area contributed by atoms with Crippen LogP contribution in [0.2, 0.25) is 0 Å². The average molecular weight is 297 g/mol. The zero-order chi connectivity index (χ0) is 15.8. The molecule has 2 aromatic rings. The molecule has 1 heterocycles. The molecule has 22 heavy (non-hydrogen) atoms. The van der Waals surface area contributed by atoms with Gasteiger partial charge in [0.05, 0.1) is 11.3 Å². The second-order valence-corrected chi connectivity index (χ2v) is 4.77. The van der Waals surface area contributed by atoms with Crippen LogP contribution in [0.15, 0.2) is 30.3 Å². The Kier molecular flexibility index (Phi) is 5.69. The highest BCUT2D eigenvalue weighted by molar-refractivity contribution is 5.63. The van der Waals surface area contributed by atoms with Crippen LogP contribution < -0.4 is 10.6 Å². The minimum atomic E-state index is 0.469. The van der Waals surface area contributed by atoms with Crippen molar-refractivity contribution < 1.29 is 4.74 Å². The lowest BCUT2D eigenvalue weighted by Gasteiger charge is -2.10. The van der Waals surface area contributed by atoms with Gasteiger partial charge in [0.2, 0.25) is 5.95 Å². The van der Waals surface area contributed by atoms with Crippen molar-refractivity contribution in [1.82, 2.24) is 9.97 Å². The van der Waals surface area contributed by atoms with Crippen molar-refractivity contribution in [3.63, 3.8) is 0 Å². The van der Waals surface area contributed by atoms with Crippen molar-refractivity contribution >= 4 is 17.5 Å². The van der Waals surface area contributed by atoms with Gasteiger partial charge in [0.15, 0.2) is 0 Å². The first-order valence-corrected chi connectivity index (χ1v) is 7.07. The molecule has 0 amide bonds. The second kappa shape index (κ2) is 7.96. The summed E-state index contributed by atoms with van der Waals surface area (Å²) < 4.78 is 5.02. The highest BCUT2D eigenvalue weighted by Crippen LogP contribution is 2.19. The summed E-state index contributed by atoms with van der Waals surface area (Å²) >= 11 is 0. The fourth-order valence-electron chi connectivity index (χ4n) is 1.96. The quantitative estimate of drug-likeness (QED) is 0.765. The summed E-state index contributed by atoms with van der Waals surface area (Å²) in [5.41, 5.74) is 2.10. The van der Waals surface area contributed by atoms with Crippen LogP contribution in [0.4, 0.5) is 17.5 Å². The Morgan fingerprint density at radius 3 is 2.86 bits per heavy atom. The second-order valence-electron chi connectivity index (χ2n) is 4.77. The highest BCUT2D eigenvalue weighted by atomic mass is 16.5. The van der Waals surface area contributed by atoms with Crippen LogP contribution in [0.25, 0.3) is 0 Å². The van der Waals surface area contributed by atoms with E-state index in [0.29, 0.717) is 23.8 Å². The molecule has 6 heteroatoms. The van der Waals surface area contributed by atoms with Crippen LogP contribution in [0.5, 0.6) is 0 Å². The van der Waals surface area contributed by atoms with E-state index in [1.807, 2.05) is 31.2 Å². The van der Waals surface area contributed by atoms with Gasteiger partial charge in [0.1, 0.15) is 11.9 Å². The normalized spacial score (nSPS) is 10.0. The minimum Gasteiger partial charge on any atom is -0.385 e. The van der Waals surface area contributed by atoms with Crippen LogP contribution in [0.1, 0.15) is 17.7 Å². The van der Waals surface area contributed by atoms with E-state index in [-0.39, 0.29) is 0 Å². The van der Waals surface area contributed by atoms with Gasteiger partial charge in [-0.3, -0.25) is 0 Å². The molecular formula is C16H19N5O. The molecule has 0 aliphatic heterocycles. The van der Waals surface area contributed by atoms with Gasteiger partial charge in [-0.2, -0.15) is 10.2 Å². The summed E-state index contributed by atoms with van der Waals surface area (Å²) in [6.45, 7) is 3.39. The van der Waals surface area contributed by atoms with Gasteiger partial charge in [-0.1, -0.05) is 12.1 Å². The first-order valence-electron chi connectivity index (χ1n) is 7.07. The van der Waals surface area contributed by atoms with Crippen LogP contribution >= 0.6 is 0 Å².